The van der Waals surface area contributed by atoms with Gasteiger partial charge in [0.25, 0.3) is 5.56 Å². The molecular weight excluding hydrogens is 416 g/mol. The Balaban J connectivity index is 1.82. The summed E-state index contributed by atoms with van der Waals surface area (Å²) in [5, 5.41) is 12.2. The molecule has 1 aliphatic rings. The number of nitrogens with zero attached hydrogens (tertiary/aromatic N) is 2. The summed E-state index contributed by atoms with van der Waals surface area (Å²) in [6.07, 6.45) is 2.94. The van der Waals surface area contributed by atoms with Crippen LogP contribution in [0, 0.1) is 11.3 Å². The van der Waals surface area contributed by atoms with Gasteiger partial charge in [-0.25, -0.2) is 4.98 Å². The fraction of sp³-hybridized carbons (Fsp3) is 0.435. The number of carboxylic acids is 1. The average Bonchev–Trinajstić information content (AvgIpc) is 3.06. The number of aliphatic carboxylic acids is 1. The Hall–Kier alpha value is -2.12. The van der Waals surface area contributed by atoms with Crippen LogP contribution in [0.4, 0.5) is 0 Å². The highest BCUT2D eigenvalue weighted by molar-refractivity contribution is 7.99. The summed E-state index contributed by atoms with van der Waals surface area (Å²) in [5.41, 5.74) is 2.28. The summed E-state index contributed by atoms with van der Waals surface area (Å²) < 4.78 is 1.62. The van der Waals surface area contributed by atoms with Gasteiger partial charge in [-0.1, -0.05) is 62.9 Å². The van der Waals surface area contributed by atoms with Gasteiger partial charge in [-0.3, -0.25) is 9.36 Å². The van der Waals surface area contributed by atoms with Crippen LogP contribution in [-0.4, -0.2) is 21.3 Å². The molecule has 0 amide bonds. The van der Waals surface area contributed by atoms with E-state index >= 15 is 0 Å². The predicted molar refractivity (Wildman–Crippen MR) is 120 cm³/mol. The highest BCUT2D eigenvalue weighted by atomic mass is 32.2. The van der Waals surface area contributed by atoms with E-state index in [0.717, 1.165) is 52.4 Å². The molecule has 30 heavy (non-hydrogen) atoms. The number of carbonyl (C=O) groups excluding carboxylic acids is 1. The van der Waals surface area contributed by atoms with Crippen LogP contribution in [0.1, 0.15) is 43.2 Å². The van der Waals surface area contributed by atoms with Crippen molar-refractivity contribution in [1.29, 1.82) is 0 Å². The quantitative estimate of drug-likeness (QED) is 0.447. The Kier molecular flexibility index (Phi) is 5.77. The molecule has 3 aromatic rings. The number of aryl methyl sites for hydroxylation is 1. The standard InChI is InChI=1S/C23H26N2O3S2/c1-23(2,3)15-9-10-16-17(11-15)30-20-19(16)21(28)25(12-14-7-5-4-6-8-14)22(24-20)29-13-18(26)27/h4-8,15H,9-13H2,1-3H3,(H,26,27)/p-1/t15-/m1/s1. The zero-order valence-corrected chi connectivity index (χ0v) is 19.1. The molecule has 0 unspecified atom stereocenters. The number of hydrogen-bond acceptors (Lipinski definition) is 6. The molecule has 0 bridgehead atoms. The molecule has 0 radical (unpaired) electrons. The molecule has 0 aliphatic heterocycles. The SMILES string of the molecule is CC(C)(C)[C@@H]1CCc2c(sc3nc(SCC(=O)[O-])n(Cc4ccccc4)c(=O)c23)C1. The first-order chi connectivity index (χ1) is 14.2. The van der Waals surface area contributed by atoms with Crippen LogP contribution < -0.4 is 10.7 Å². The Morgan fingerprint density at radius 3 is 2.70 bits per heavy atom. The lowest BCUT2D eigenvalue weighted by Crippen LogP contribution is -2.28. The van der Waals surface area contributed by atoms with E-state index in [2.05, 4.69) is 20.8 Å². The summed E-state index contributed by atoms with van der Waals surface area (Å²) in [6.45, 7) is 7.19. The van der Waals surface area contributed by atoms with Crippen molar-refractivity contribution in [2.45, 2.75) is 51.7 Å². The molecule has 0 spiro atoms. The van der Waals surface area contributed by atoms with Gasteiger partial charge in [0.05, 0.1) is 17.9 Å². The van der Waals surface area contributed by atoms with Crippen LogP contribution in [-0.2, 0) is 24.2 Å². The minimum Gasteiger partial charge on any atom is -0.549 e. The summed E-state index contributed by atoms with van der Waals surface area (Å²) >= 11 is 2.65. The van der Waals surface area contributed by atoms with E-state index in [4.69, 9.17) is 4.98 Å². The molecule has 158 valence electrons. The summed E-state index contributed by atoms with van der Waals surface area (Å²) in [6, 6.07) is 9.71. The largest absolute Gasteiger partial charge is 0.549 e. The molecule has 7 heteroatoms. The van der Waals surface area contributed by atoms with Crippen molar-refractivity contribution < 1.29 is 9.90 Å². The highest BCUT2D eigenvalue weighted by Gasteiger charge is 2.32. The number of rotatable bonds is 5. The fourth-order valence-electron chi connectivity index (χ4n) is 4.12. The summed E-state index contributed by atoms with van der Waals surface area (Å²) in [7, 11) is 0. The maximum Gasteiger partial charge on any atom is 0.263 e. The molecule has 0 fully saturated rings. The second-order valence-electron chi connectivity index (χ2n) is 8.92. The zero-order valence-electron chi connectivity index (χ0n) is 17.4. The van der Waals surface area contributed by atoms with Crippen molar-refractivity contribution >= 4 is 39.3 Å². The van der Waals surface area contributed by atoms with Crippen molar-refractivity contribution in [2.24, 2.45) is 11.3 Å². The molecule has 4 rings (SSSR count). The molecule has 1 aliphatic carbocycles. The molecular formula is C23H25N2O3S2-. The van der Waals surface area contributed by atoms with Crippen molar-refractivity contribution in [3.63, 3.8) is 0 Å². The van der Waals surface area contributed by atoms with E-state index < -0.39 is 5.97 Å². The third-order valence-corrected chi connectivity index (χ3v) is 7.96. The first-order valence-corrected chi connectivity index (χ1v) is 12.0. The molecule has 2 heterocycles. The van der Waals surface area contributed by atoms with Crippen LogP contribution in [0.5, 0.6) is 0 Å². The van der Waals surface area contributed by atoms with E-state index in [0.29, 0.717) is 17.6 Å². The molecule has 0 saturated carbocycles. The van der Waals surface area contributed by atoms with Crippen LogP contribution in [0.3, 0.4) is 0 Å². The number of aromatic nitrogens is 2. The van der Waals surface area contributed by atoms with Crippen LogP contribution in [0.25, 0.3) is 10.2 Å². The second kappa shape index (κ2) is 8.19. The topological polar surface area (TPSA) is 75.0 Å². The van der Waals surface area contributed by atoms with Crippen LogP contribution in [0.2, 0.25) is 0 Å². The maximum absolute atomic E-state index is 13.6. The number of thioether (sulfide) groups is 1. The summed E-state index contributed by atoms with van der Waals surface area (Å²) in [5.74, 6) is -0.820. The van der Waals surface area contributed by atoms with Crippen molar-refractivity contribution in [3.8, 4) is 0 Å². The van der Waals surface area contributed by atoms with Gasteiger partial charge in [0.1, 0.15) is 4.83 Å². The molecule has 1 atom stereocenters. The van der Waals surface area contributed by atoms with E-state index in [1.54, 1.807) is 15.9 Å². The smallest absolute Gasteiger partial charge is 0.263 e. The van der Waals surface area contributed by atoms with Gasteiger partial charge in [0.2, 0.25) is 0 Å². The molecule has 0 saturated heterocycles. The zero-order chi connectivity index (χ0) is 21.5. The lowest BCUT2D eigenvalue weighted by molar-refractivity contribution is -0.301. The van der Waals surface area contributed by atoms with Crippen LogP contribution >= 0.6 is 23.1 Å². The lowest BCUT2D eigenvalue weighted by atomic mass is 9.72. The van der Waals surface area contributed by atoms with E-state index in [9.17, 15) is 14.7 Å². The molecule has 1 aromatic carbocycles. The van der Waals surface area contributed by atoms with Crippen LogP contribution in [0.15, 0.2) is 40.3 Å². The highest BCUT2D eigenvalue weighted by Crippen LogP contribution is 2.42. The van der Waals surface area contributed by atoms with Crippen molar-refractivity contribution in [2.75, 3.05) is 5.75 Å². The molecule has 5 nitrogen and oxygen atoms in total. The predicted octanol–water partition coefficient (Wildman–Crippen LogP) is 3.50. The number of thiophene rings is 1. The van der Waals surface area contributed by atoms with Gasteiger partial charge in [-0.05, 0) is 41.7 Å². The fourth-order valence-corrected chi connectivity index (χ4v) is 6.17. The number of fused-ring (bicyclic) bond motifs is 3. The second-order valence-corrected chi connectivity index (χ2v) is 10.9. The van der Waals surface area contributed by atoms with E-state index in [-0.39, 0.29) is 16.7 Å². The Labute approximate surface area is 184 Å². The third-order valence-electron chi connectivity index (χ3n) is 5.86. The van der Waals surface area contributed by atoms with Gasteiger partial charge in [0, 0.05) is 10.6 Å². The Morgan fingerprint density at radius 2 is 2.03 bits per heavy atom. The first-order valence-electron chi connectivity index (χ1n) is 10.2. The van der Waals surface area contributed by atoms with E-state index in [1.807, 2.05) is 30.3 Å². The van der Waals surface area contributed by atoms with Crippen molar-refractivity contribution in [3.05, 3.63) is 56.7 Å². The minimum absolute atomic E-state index is 0.0728. The van der Waals surface area contributed by atoms with Gasteiger partial charge < -0.3 is 9.90 Å². The van der Waals surface area contributed by atoms with Gasteiger partial charge in [-0.15, -0.1) is 11.3 Å². The Bertz CT molecular complexity index is 1140. The number of hydrogen-bond donors (Lipinski definition) is 0. The van der Waals surface area contributed by atoms with Gasteiger partial charge in [0.15, 0.2) is 5.16 Å². The average molecular weight is 442 g/mol. The third kappa shape index (κ3) is 4.18. The van der Waals surface area contributed by atoms with Gasteiger partial charge in [-0.2, -0.15) is 0 Å². The minimum atomic E-state index is -1.17. The lowest BCUT2D eigenvalue weighted by Gasteiger charge is -2.33. The monoisotopic (exact) mass is 441 g/mol. The number of carboxylic acid groups (broad SMARTS) is 1. The van der Waals surface area contributed by atoms with Gasteiger partial charge >= 0.3 is 0 Å². The summed E-state index contributed by atoms with van der Waals surface area (Å²) in [4.78, 5) is 31.3. The molecule has 0 N–H and O–H groups in total. The maximum atomic E-state index is 13.6. The molecule has 2 aromatic heterocycles. The van der Waals surface area contributed by atoms with E-state index in [1.165, 1.54) is 4.88 Å². The Morgan fingerprint density at radius 1 is 1.30 bits per heavy atom. The number of carbonyl (C=O) groups is 1. The van der Waals surface area contributed by atoms with Crippen molar-refractivity contribution in [1.82, 2.24) is 9.55 Å². The number of benzene rings is 1. The normalized spacial score (nSPS) is 16.6. The first kappa shape index (κ1) is 21.1.